The molecule has 0 aromatic heterocycles. The smallest absolute Gasteiger partial charge is 0.249 e. The molecule has 2 rings (SSSR count). The van der Waals surface area contributed by atoms with E-state index in [9.17, 15) is 17.2 Å². The first-order chi connectivity index (χ1) is 8.84. The lowest BCUT2D eigenvalue weighted by atomic mass is 10.2. The van der Waals surface area contributed by atoms with E-state index in [0.29, 0.717) is 6.54 Å². The van der Waals surface area contributed by atoms with Crippen molar-refractivity contribution in [2.75, 3.05) is 13.1 Å². The number of halogens is 2. The van der Waals surface area contributed by atoms with Gasteiger partial charge >= 0.3 is 0 Å². The van der Waals surface area contributed by atoms with Crippen LogP contribution in [0.15, 0.2) is 23.1 Å². The lowest BCUT2D eigenvalue weighted by Crippen LogP contribution is -2.56. The summed E-state index contributed by atoms with van der Waals surface area (Å²) in [5, 5.41) is 3.12. The van der Waals surface area contributed by atoms with E-state index >= 15 is 0 Å². The van der Waals surface area contributed by atoms with Crippen LogP contribution in [0.3, 0.4) is 0 Å². The molecule has 7 heteroatoms. The van der Waals surface area contributed by atoms with Gasteiger partial charge in [0.05, 0.1) is 0 Å². The number of piperazine rings is 1. The third kappa shape index (κ3) is 2.63. The SMILES string of the molecule is CC1CN(S(=O)(=O)c2c(F)cccc2F)C(C)CN1. The molecular weight excluding hydrogens is 274 g/mol. The van der Waals surface area contributed by atoms with E-state index in [-0.39, 0.29) is 18.6 Å². The van der Waals surface area contributed by atoms with Crippen LogP contribution in [0, 0.1) is 11.6 Å². The zero-order valence-corrected chi connectivity index (χ0v) is 11.5. The molecule has 2 atom stereocenters. The Balaban J connectivity index is 2.47. The van der Waals surface area contributed by atoms with Gasteiger partial charge < -0.3 is 5.32 Å². The third-order valence-electron chi connectivity index (χ3n) is 3.19. The molecule has 19 heavy (non-hydrogen) atoms. The van der Waals surface area contributed by atoms with E-state index in [1.54, 1.807) is 6.92 Å². The Morgan fingerprint density at radius 1 is 1.26 bits per heavy atom. The quantitative estimate of drug-likeness (QED) is 0.894. The van der Waals surface area contributed by atoms with Crippen LogP contribution in [-0.4, -0.2) is 37.9 Å². The van der Waals surface area contributed by atoms with Crippen LogP contribution >= 0.6 is 0 Å². The molecule has 0 saturated carbocycles. The second-order valence-corrected chi connectivity index (χ2v) is 6.61. The maximum atomic E-state index is 13.7. The molecule has 106 valence electrons. The summed E-state index contributed by atoms with van der Waals surface area (Å²) in [7, 11) is -4.16. The number of nitrogens with zero attached hydrogens (tertiary/aromatic N) is 1. The minimum absolute atomic E-state index is 0.0548. The topological polar surface area (TPSA) is 49.4 Å². The molecule has 2 unspecified atom stereocenters. The first-order valence-corrected chi connectivity index (χ1v) is 7.47. The molecule has 1 heterocycles. The second-order valence-electron chi connectivity index (χ2n) is 4.78. The Morgan fingerprint density at radius 3 is 2.42 bits per heavy atom. The van der Waals surface area contributed by atoms with Crippen molar-refractivity contribution < 1.29 is 17.2 Å². The van der Waals surface area contributed by atoms with Crippen LogP contribution in [0.2, 0.25) is 0 Å². The highest BCUT2D eigenvalue weighted by atomic mass is 32.2. The highest BCUT2D eigenvalue weighted by molar-refractivity contribution is 7.89. The van der Waals surface area contributed by atoms with Crippen LogP contribution in [0.25, 0.3) is 0 Å². The molecule has 0 aliphatic carbocycles. The predicted molar refractivity (Wildman–Crippen MR) is 67.2 cm³/mol. The summed E-state index contributed by atoms with van der Waals surface area (Å²) in [6.07, 6.45) is 0. The Morgan fingerprint density at radius 2 is 1.84 bits per heavy atom. The molecule has 1 aliphatic heterocycles. The minimum Gasteiger partial charge on any atom is -0.311 e. The van der Waals surface area contributed by atoms with Crippen molar-refractivity contribution >= 4 is 10.0 Å². The van der Waals surface area contributed by atoms with Crippen molar-refractivity contribution in [3.8, 4) is 0 Å². The highest BCUT2D eigenvalue weighted by Crippen LogP contribution is 2.25. The summed E-state index contributed by atoms with van der Waals surface area (Å²) < 4.78 is 53.3. The van der Waals surface area contributed by atoms with Crippen molar-refractivity contribution in [1.29, 1.82) is 0 Å². The van der Waals surface area contributed by atoms with Crippen LogP contribution in [0.5, 0.6) is 0 Å². The zero-order valence-electron chi connectivity index (χ0n) is 10.7. The molecule has 1 fully saturated rings. The lowest BCUT2D eigenvalue weighted by Gasteiger charge is -2.36. The molecule has 4 nitrogen and oxygen atoms in total. The number of benzene rings is 1. The predicted octanol–water partition coefficient (Wildman–Crippen LogP) is 1.34. The molecular formula is C12H16F2N2O2S. The molecule has 1 aromatic rings. The molecule has 0 amide bonds. The molecule has 0 spiro atoms. The summed E-state index contributed by atoms with van der Waals surface area (Å²) in [6.45, 7) is 4.18. The minimum atomic E-state index is -4.16. The van der Waals surface area contributed by atoms with Gasteiger partial charge in [0.25, 0.3) is 0 Å². The fourth-order valence-electron chi connectivity index (χ4n) is 2.17. The number of hydrogen-bond acceptors (Lipinski definition) is 3. The summed E-state index contributed by atoms with van der Waals surface area (Å²) in [5.74, 6) is -2.11. The van der Waals surface area contributed by atoms with Crippen LogP contribution in [-0.2, 0) is 10.0 Å². The van der Waals surface area contributed by atoms with Gasteiger partial charge in [-0.05, 0) is 26.0 Å². The van der Waals surface area contributed by atoms with Gasteiger partial charge in [-0.2, -0.15) is 4.31 Å². The number of sulfonamides is 1. The van der Waals surface area contributed by atoms with Crippen LogP contribution in [0.1, 0.15) is 13.8 Å². The van der Waals surface area contributed by atoms with Crippen molar-refractivity contribution in [3.63, 3.8) is 0 Å². The van der Waals surface area contributed by atoms with E-state index < -0.39 is 26.6 Å². The largest absolute Gasteiger partial charge is 0.311 e. The van der Waals surface area contributed by atoms with Gasteiger partial charge in [0, 0.05) is 25.2 Å². The zero-order chi connectivity index (χ0) is 14.2. The van der Waals surface area contributed by atoms with E-state index in [2.05, 4.69) is 5.32 Å². The summed E-state index contributed by atoms with van der Waals surface area (Å²) in [4.78, 5) is -0.865. The number of hydrogen-bond donors (Lipinski definition) is 1. The second kappa shape index (κ2) is 5.15. The summed E-state index contributed by atoms with van der Waals surface area (Å²) in [6, 6.07) is 2.65. The fourth-order valence-corrected chi connectivity index (χ4v) is 4.00. The van der Waals surface area contributed by atoms with Crippen molar-refractivity contribution in [2.45, 2.75) is 30.8 Å². The molecule has 1 aliphatic rings. The molecule has 1 N–H and O–H groups in total. The lowest BCUT2D eigenvalue weighted by molar-refractivity contribution is 0.243. The summed E-state index contributed by atoms with van der Waals surface area (Å²) in [5.41, 5.74) is 0. The molecule has 1 saturated heterocycles. The van der Waals surface area contributed by atoms with E-state index in [1.165, 1.54) is 0 Å². The Kier molecular flexibility index (Phi) is 3.89. The van der Waals surface area contributed by atoms with E-state index in [1.807, 2.05) is 6.92 Å². The first-order valence-electron chi connectivity index (χ1n) is 6.03. The molecule has 1 aromatic carbocycles. The average molecular weight is 290 g/mol. The van der Waals surface area contributed by atoms with Crippen molar-refractivity contribution in [2.24, 2.45) is 0 Å². The fraction of sp³-hybridized carbons (Fsp3) is 0.500. The maximum absolute atomic E-state index is 13.7. The third-order valence-corrected chi connectivity index (χ3v) is 5.23. The van der Waals surface area contributed by atoms with Gasteiger partial charge in [0.2, 0.25) is 10.0 Å². The number of nitrogens with one attached hydrogen (secondary N) is 1. The standard InChI is InChI=1S/C12H16F2N2O2S/c1-8-7-16(9(2)6-15-8)19(17,18)12-10(13)4-3-5-11(12)14/h3-5,8-9,15H,6-7H2,1-2H3. The molecule has 0 radical (unpaired) electrons. The Hall–Kier alpha value is -1.05. The Labute approximate surface area is 111 Å². The van der Waals surface area contributed by atoms with E-state index in [4.69, 9.17) is 0 Å². The first kappa shape index (κ1) is 14.4. The van der Waals surface area contributed by atoms with Crippen LogP contribution < -0.4 is 5.32 Å². The normalized spacial score (nSPS) is 25.5. The Bertz CT molecular complexity index is 557. The monoisotopic (exact) mass is 290 g/mol. The molecule has 0 bridgehead atoms. The van der Waals surface area contributed by atoms with Gasteiger partial charge in [0.1, 0.15) is 11.6 Å². The van der Waals surface area contributed by atoms with Crippen molar-refractivity contribution in [3.05, 3.63) is 29.8 Å². The van der Waals surface area contributed by atoms with Gasteiger partial charge in [-0.15, -0.1) is 0 Å². The van der Waals surface area contributed by atoms with Gasteiger partial charge in [-0.3, -0.25) is 0 Å². The van der Waals surface area contributed by atoms with E-state index in [0.717, 1.165) is 22.5 Å². The van der Waals surface area contributed by atoms with Gasteiger partial charge in [-0.1, -0.05) is 6.07 Å². The highest BCUT2D eigenvalue weighted by Gasteiger charge is 2.36. The maximum Gasteiger partial charge on any atom is 0.249 e. The van der Waals surface area contributed by atoms with Gasteiger partial charge in [-0.25, -0.2) is 17.2 Å². The summed E-state index contributed by atoms with van der Waals surface area (Å²) >= 11 is 0. The van der Waals surface area contributed by atoms with Crippen molar-refractivity contribution in [1.82, 2.24) is 9.62 Å². The van der Waals surface area contributed by atoms with Gasteiger partial charge in [0.15, 0.2) is 4.90 Å². The van der Waals surface area contributed by atoms with Crippen LogP contribution in [0.4, 0.5) is 8.78 Å². The number of rotatable bonds is 2. The average Bonchev–Trinajstić information content (AvgIpc) is 2.31.